The van der Waals surface area contributed by atoms with Gasteiger partial charge in [0.1, 0.15) is 43.2 Å². The van der Waals surface area contributed by atoms with Crippen molar-refractivity contribution in [1.82, 2.24) is 0 Å². The summed E-state index contributed by atoms with van der Waals surface area (Å²) >= 11 is 0. The average molecular weight is 807 g/mol. The Labute approximate surface area is 330 Å². The first-order valence-corrected chi connectivity index (χ1v) is 22.6. The lowest BCUT2D eigenvalue weighted by Crippen LogP contribution is -2.64. The van der Waals surface area contributed by atoms with Crippen molar-refractivity contribution < 1.29 is 63.1 Å². The van der Waals surface area contributed by atoms with Crippen LogP contribution in [0.3, 0.4) is 0 Å². The van der Waals surface area contributed by atoms with Gasteiger partial charge in [0.15, 0.2) is 6.10 Å². The van der Waals surface area contributed by atoms with E-state index >= 15 is 0 Å². The molecule has 1 rings (SSSR count). The van der Waals surface area contributed by atoms with E-state index in [0.29, 0.717) is 12.8 Å². The van der Waals surface area contributed by atoms with Gasteiger partial charge in [-0.1, -0.05) is 134 Å². The van der Waals surface area contributed by atoms with Gasteiger partial charge in [0.05, 0.1) is 6.61 Å². The smallest absolute Gasteiger partial charge is 0.462 e. The molecule has 1 aliphatic carbocycles. The Hall–Kier alpha value is -1.67. The number of aliphatic hydroxyl groups excluding tert-OH is 5. The second kappa shape index (κ2) is 32.3. The summed E-state index contributed by atoms with van der Waals surface area (Å²) in [6, 6.07) is 0. The lowest BCUT2D eigenvalue weighted by molar-refractivity contribution is -0.220. The van der Waals surface area contributed by atoms with Crippen molar-refractivity contribution in [3.8, 4) is 0 Å². The minimum absolute atomic E-state index is 0.0829. The number of ether oxygens (including phenoxy) is 2. The number of carbonyl (C=O) groups is 2. The van der Waals surface area contributed by atoms with Crippen LogP contribution in [0.2, 0.25) is 0 Å². The Bertz CT molecular complexity index is 1070. The lowest BCUT2D eigenvalue weighted by atomic mass is 9.85. The highest BCUT2D eigenvalue weighted by atomic mass is 31.2. The van der Waals surface area contributed by atoms with Crippen molar-refractivity contribution in [3.05, 3.63) is 24.3 Å². The molecule has 0 aliphatic heterocycles. The van der Waals surface area contributed by atoms with Gasteiger partial charge >= 0.3 is 19.8 Å². The fraction of sp³-hybridized carbons (Fsp3) is 0.854. The zero-order valence-corrected chi connectivity index (χ0v) is 34.6. The van der Waals surface area contributed by atoms with Crippen molar-refractivity contribution >= 4 is 19.8 Å². The van der Waals surface area contributed by atoms with Gasteiger partial charge in [0.25, 0.3) is 0 Å². The van der Waals surface area contributed by atoms with Crippen molar-refractivity contribution in [3.63, 3.8) is 0 Å². The molecule has 0 spiro atoms. The topological polar surface area (TPSA) is 210 Å². The second-order valence-electron chi connectivity index (χ2n) is 14.8. The van der Waals surface area contributed by atoms with Crippen LogP contribution in [0.1, 0.15) is 168 Å². The number of phosphoric ester groups is 1. The Kier molecular flexibility index (Phi) is 30.2. The fourth-order valence-electron chi connectivity index (χ4n) is 6.32. The van der Waals surface area contributed by atoms with Gasteiger partial charge in [-0.15, -0.1) is 0 Å². The normalized spacial score (nSPS) is 23.3. The quantitative estimate of drug-likeness (QED) is 0.0164. The molecule has 6 atom stereocenters. The molecule has 6 unspecified atom stereocenters. The van der Waals surface area contributed by atoms with E-state index in [1.54, 1.807) is 0 Å². The minimum atomic E-state index is -5.11. The molecule has 0 heterocycles. The van der Waals surface area contributed by atoms with E-state index < -0.39 is 75.7 Å². The highest BCUT2D eigenvalue weighted by Crippen LogP contribution is 2.47. The number of esters is 2. The zero-order valence-electron chi connectivity index (χ0n) is 33.7. The fourth-order valence-corrected chi connectivity index (χ4v) is 7.29. The van der Waals surface area contributed by atoms with Crippen molar-refractivity contribution in [2.75, 3.05) is 13.2 Å². The third-order valence-corrected chi connectivity index (χ3v) is 10.8. The van der Waals surface area contributed by atoms with Crippen LogP contribution in [0.5, 0.6) is 0 Å². The van der Waals surface area contributed by atoms with Gasteiger partial charge in [-0.3, -0.25) is 18.6 Å². The lowest BCUT2D eigenvalue weighted by Gasteiger charge is -2.41. The van der Waals surface area contributed by atoms with Gasteiger partial charge < -0.3 is 39.9 Å². The van der Waals surface area contributed by atoms with Crippen LogP contribution < -0.4 is 0 Å². The summed E-state index contributed by atoms with van der Waals surface area (Å²) in [6.45, 7) is 3.23. The summed E-state index contributed by atoms with van der Waals surface area (Å²) in [4.78, 5) is 35.5. The van der Waals surface area contributed by atoms with Gasteiger partial charge in [0, 0.05) is 12.8 Å². The number of allylic oxidation sites excluding steroid dienone is 4. The Morgan fingerprint density at radius 2 is 0.982 bits per heavy atom. The first-order chi connectivity index (χ1) is 26.4. The molecule has 13 nitrogen and oxygen atoms in total. The highest BCUT2D eigenvalue weighted by molar-refractivity contribution is 7.47. The minimum Gasteiger partial charge on any atom is -0.462 e. The molecule has 1 saturated carbocycles. The first kappa shape index (κ1) is 51.3. The van der Waals surface area contributed by atoms with Gasteiger partial charge in [-0.2, -0.15) is 0 Å². The SMILES string of the molecule is CCCCC/C=C\C/C=C\CCCCCCCC(=O)OC(COC(=O)CCCCCCCCCCCCC)COP(=O)(O)OC1C(O)C(O)C(O)C(O)C1O. The molecule has 0 bridgehead atoms. The molecule has 0 aromatic heterocycles. The molecule has 0 aromatic carbocycles. The third-order valence-electron chi connectivity index (χ3n) is 9.80. The largest absolute Gasteiger partial charge is 0.472 e. The third kappa shape index (κ3) is 25.3. The molecule has 0 saturated heterocycles. The van der Waals surface area contributed by atoms with Crippen LogP contribution in [-0.2, 0) is 32.7 Å². The number of rotatable bonds is 34. The van der Waals surface area contributed by atoms with Gasteiger partial charge in [-0.25, -0.2) is 4.57 Å². The molecule has 55 heavy (non-hydrogen) atoms. The number of carbonyl (C=O) groups excluding carboxylic acids is 2. The summed E-state index contributed by atoms with van der Waals surface area (Å²) in [6.07, 6.45) is 19.6. The van der Waals surface area contributed by atoms with Crippen LogP contribution in [0, 0.1) is 0 Å². The molecule has 14 heteroatoms. The van der Waals surface area contributed by atoms with Crippen molar-refractivity contribution in [1.29, 1.82) is 0 Å². The molecule has 0 aromatic rings. The van der Waals surface area contributed by atoms with E-state index in [1.165, 1.54) is 64.2 Å². The molecular formula is C41H75O13P. The predicted molar refractivity (Wildman–Crippen MR) is 212 cm³/mol. The Balaban J connectivity index is 2.52. The van der Waals surface area contributed by atoms with Crippen LogP contribution >= 0.6 is 7.82 Å². The van der Waals surface area contributed by atoms with Crippen molar-refractivity contribution in [2.24, 2.45) is 0 Å². The maximum Gasteiger partial charge on any atom is 0.472 e. The van der Waals surface area contributed by atoms with E-state index in [0.717, 1.165) is 64.2 Å². The Morgan fingerprint density at radius 1 is 0.564 bits per heavy atom. The van der Waals surface area contributed by atoms with E-state index in [9.17, 15) is 44.6 Å². The molecule has 1 fully saturated rings. The monoisotopic (exact) mass is 806 g/mol. The maximum absolute atomic E-state index is 12.8. The molecule has 6 N–H and O–H groups in total. The summed E-state index contributed by atoms with van der Waals surface area (Å²) in [5.41, 5.74) is 0. The maximum atomic E-state index is 12.8. The summed E-state index contributed by atoms with van der Waals surface area (Å²) in [5, 5.41) is 50.0. The van der Waals surface area contributed by atoms with Crippen LogP contribution in [0.15, 0.2) is 24.3 Å². The number of phosphoric acid groups is 1. The van der Waals surface area contributed by atoms with E-state index in [2.05, 4.69) is 38.2 Å². The van der Waals surface area contributed by atoms with Crippen molar-refractivity contribution in [2.45, 2.75) is 211 Å². The summed E-state index contributed by atoms with van der Waals surface area (Å²) < 4.78 is 33.4. The number of unbranched alkanes of at least 4 members (excludes halogenated alkanes) is 18. The number of aliphatic hydroxyl groups is 5. The van der Waals surface area contributed by atoms with Gasteiger partial charge in [0.2, 0.25) is 0 Å². The van der Waals surface area contributed by atoms with Crippen LogP contribution in [0.25, 0.3) is 0 Å². The summed E-state index contributed by atoms with van der Waals surface area (Å²) in [5.74, 6) is -1.11. The molecule has 0 amide bonds. The summed E-state index contributed by atoms with van der Waals surface area (Å²) in [7, 11) is -5.11. The molecule has 322 valence electrons. The van der Waals surface area contributed by atoms with E-state index in [1.807, 2.05) is 0 Å². The zero-order chi connectivity index (χ0) is 40.7. The van der Waals surface area contributed by atoms with Crippen LogP contribution in [0.4, 0.5) is 0 Å². The standard InChI is InChI=1S/C41H75O13P/c1-3-5-7-9-11-13-15-16-17-18-20-22-24-26-28-30-35(43)53-33(31-51-34(42)29-27-25-23-21-19-14-12-10-8-6-4-2)32-52-55(49,50)54-41-39(47)37(45)36(44)38(46)40(41)48/h11,13,16-17,33,36-41,44-48H,3-10,12,14-15,18-32H2,1-2H3,(H,49,50)/b13-11-,17-16-. The average Bonchev–Trinajstić information content (AvgIpc) is 3.16. The van der Waals surface area contributed by atoms with Crippen LogP contribution in [-0.4, -0.2) is 98.3 Å². The van der Waals surface area contributed by atoms with E-state index in [4.69, 9.17) is 18.5 Å². The molecular weight excluding hydrogens is 731 g/mol. The number of hydrogen-bond acceptors (Lipinski definition) is 12. The second-order valence-corrected chi connectivity index (χ2v) is 16.3. The molecule has 1 aliphatic rings. The number of hydrogen-bond donors (Lipinski definition) is 6. The molecule has 0 radical (unpaired) electrons. The highest BCUT2D eigenvalue weighted by Gasteiger charge is 2.51. The Morgan fingerprint density at radius 3 is 1.51 bits per heavy atom. The first-order valence-electron chi connectivity index (χ1n) is 21.1. The van der Waals surface area contributed by atoms with E-state index in [-0.39, 0.29) is 12.8 Å². The predicted octanol–water partition coefficient (Wildman–Crippen LogP) is 7.28. The van der Waals surface area contributed by atoms with Gasteiger partial charge in [-0.05, 0) is 44.9 Å².